The highest BCUT2D eigenvalue weighted by Gasteiger charge is 2.14. The maximum Gasteiger partial charge on any atom is 0.267 e. The van der Waals surface area contributed by atoms with E-state index in [1.165, 1.54) is 11.3 Å². The van der Waals surface area contributed by atoms with Crippen molar-refractivity contribution in [3.05, 3.63) is 76.6 Å². The highest BCUT2D eigenvalue weighted by molar-refractivity contribution is 7.12. The third-order valence-electron chi connectivity index (χ3n) is 4.56. The average molecular weight is 450 g/mol. The fourth-order valence-electron chi connectivity index (χ4n) is 3.11. The molecular weight excluding hydrogens is 434 g/mol. The van der Waals surface area contributed by atoms with Gasteiger partial charge in [0.05, 0.1) is 45.7 Å². The molecule has 0 unspecified atom stereocenters. The van der Waals surface area contributed by atoms with Gasteiger partial charge in [-0.2, -0.15) is 5.10 Å². The van der Waals surface area contributed by atoms with Crippen molar-refractivity contribution in [1.82, 2.24) is 24.3 Å². The first-order valence-electron chi connectivity index (χ1n) is 9.30. The monoisotopic (exact) mass is 449 g/mol. The molecule has 5 aromatic rings. The molecule has 0 radical (unpaired) electrons. The number of halogens is 1. The molecule has 1 aromatic carbocycles. The van der Waals surface area contributed by atoms with Crippen LogP contribution in [0.3, 0.4) is 0 Å². The number of fused-ring (bicyclic) bond motifs is 1. The summed E-state index contributed by atoms with van der Waals surface area (Å²) in [4.78, 5) is 21.7. The molecule has 4 aromatic heterocycles. The Morgan fingerprint density at radius 3 is 2.84 bits per heavy atom. The van der Waals surface area contributed by atoms with Crippen molar-refractivity contribution in [2.75, 3.05) is 10.6 Å². The van der Waals surface area contributed by atoms with Gasteiger partial charge in [0.25, 0.3) is 5.91 Å². The number of carbonyl (C=O) groups is 1. The Kier molecular flexibility index (Phi) is 4.89. The minimum Gasteiger partial charge on any atom is -0.353 e. The lowest BCUT2D eigenvalue weighted by Gasteiger charge is -2.08. The highest BCUT2D eigenvalue weighted by Crippen LogP contribution is 2.27. The van der Waals surface area contributed by atoms with Crippen LogP contribution in [0.4, 0.5) is 17.2 Å². The standard InChI is InChI=1S/C21H16ClN7OS/c1-28-10-19(24-12-28)27-21(30)18-7-15(11-31-18)29-20-13(8-25-29)6-14(9-23-20)26-17-5-3-2-4-16(17)22/h2-12,26H,1H3,(H,27,30). The van der Waals surface area contributed by atoms with Crippen LogP contribution in [0.5, 0.6) is 0 Å². The SMILES string of the molecule is Cn1cnc(NC(=O)c2cc(-n3ncc4cc(Nc5ccccc5Cl)cnc43)cs2)c1. The van der Waals surface area contributed by atoms with E-state index in [-0.39, 0.29) is 5.91 Å². The summed E-state index contributed by atoms with van der Waals surface area (Å²) in [5, 5.41) is 13.9. The third kappa shape index (κ3) is 3.88. The number of para-hydroxylation sites is 1. The lowest BCUT2D eigenvalue weighted by molar-refractivity contribution is 0.103. The fraction of sp³-hybridized carbons (Fsp3) is 0.0476. The summed E-state index contributed by atoms with van der Waals surface area (Å²) in [6.07, 6.45) is 6.84. The molecule has 0 aliphatic heterocycles. The first-order valence-corrected chi connectivity index (χ1v) is 10.6. The molecule has 154 valence electrons. The second-order valence-corrected chi connectivity index (χ2v) is 8.16. The smallest absolute Gasteiger partial charge is 0.267 e. The van der Waals surface area contributed by atoms with Gasteiger partial charge in [-0.25, -0.2) is 14.6 Å². The molecule has 1 amide bonds. The number of carbonyl (C=O) groups excluding carboxylic acids is 1. The molecule has 0 aliphatic rings. The number of imidazole rings is 1. The number of nitrogens with zero attached hydrogens (tertiary/aromatic N) is 5. The second kappa shape index (κ2) is 7.86. The second-order valence-electron chi connectivity index (χ2n) is 6.85. The van der Waals surface area contributed by atoms with Crippen molar-refractivity contribution in [1.29, 1.82) is 0 Å². The molecule has 0 spiro atoms. The van der Waals surface area contributed by atoms with Crippen LogP contribution in [0.2, 0.25) is 5.02 Å². The zero-order chi connectivity index (χ0) is 21.4. The zero-order valence-corrected chi connectivity index (χ0v) is 17.9. The lowest BCUT2D eigenvalue weighted by atomic mass is 10.3. The van der Waals surface area contributed by atoms with E-state index in [0.29, 0.717) is 21.4 Å². The number of rotatable bonds is 5. The molecule has 0 saturated carbocycles. The molecule has 0 aliphatic carbocycles. The van der Waals surface area contributed by atoms with E-state index >= 15 is 0 Å². The first kappa shape index (κ1) is 19.3. The lowest BCUT2D eigenvalue weighted by Crippen LogP contribution is -2.10. The Bertz CT molecular complexity index is 1400. The van der Waals surface area contributed by atoms with E-state index in [2.05, 4.69) is 25.7 Å². The van der Waals surface area contributed by atoms with Crippen molar-refractivity contribution in [3.8, 4) is 5.69 Å². The number of amides is 1. The highest BCUT2D eigenvalue weighted by atomic mass is 35.5. The van der Waals surface area contributed by atoms with Crippen molar-refractivity contribution in [2.24, 2.45) is 7.05 Å². The van der Waals surface area contributed by atoms with Gasteiger partial charge < -0.3 is 15.2 Å². The van der Waals surface area contributed by atoms with E-state index in [9.17, 15) is 4.79 Å². The molecule has 0 bridgehead atoms. The van der Waals surface area contributed by atoms with Crippen molar-refractivity contribution in [2.45, 2.75) is 0 Å². The van der Waals surface area contributed by atoms with Crippen LogP contribution in [-0.2, 0) is 7.05 Å². The fourth-order valence-corrected chi connectivity index (χ4v) is 4.05. The van der Waals surface area contributed by atoms with Crippen LogP contribution in [0, 0.1) is 0 Å². The summed E-state index contributed by atoms with van der Waals surface area (Å²) in [7, 11) is 1.84. The Labute approximate surface area is 186 Å². The minimum atomic E-state index is -0.217. The molecule has 0 fully saturated rings. The van der Waals surface area contributed by atoms with E-state index in [0.717, 1.165) is 22.4 Å². The summed E-state index contributed by atoms with van der Waals surface area (Å²) in [5.41, 5.74) is 3.07. The van der Waals surface area contributed by atoms with Crippen LogP contribution in [-0.4, -0.2) is 30.2 Å². The average Bonchev–Trinajstić information content (AvgIpc) is 3.49. The molecule has 8 nitrogen and oxygen atoms in total. The normalized spacial score (nSPS) is 11.0. The quantitative estimate of drug-likeness (QED) is 0.399. The molecule has 2 N–H and O–H groups in total. The minimum absolute atomic E-state index is 0.217. The first-order chi connectivity index (χ1) is 15.1. The van der Waals surface area contributed by atoms with Crippen LogP contribution in [0.1, 0.15) is 9.67 Å². The molecule has 10 heteroatoms. The zero-order valence-electron chi connectivity index (χ0n) is 16.3. The predicted molar refractivity (Wildman–Crippen MR) is 123 cm³/mol. The maximum atomic E-state index is 12.5. The van der Waals surface area contributed by atoms with Gasteiger partial charge in [-0.05, 0) is 24.3 Å². The summed E-state index contributed by atoms with van der Waals surface area (Å²) in [5.74, 6) is 0.290. The Morgan fingerprint density at radius 2 is 2.03 bits per heavy atom. The van der Waals surface area contributed by atoms with Crippen LogP contribution >= 0.6 is 22.9 Å². The number of aryl methyl sites for hydroxylation is 1. The largest absolute Gasteiger partial charge is 0.353 e. The van der Waals surface area contributed by atoms with Gasteiger partial charge in [0, 0.05) is 24.0 Å². The van der Waals surface area contributed by atoms with Gasteiger partial charge in [0.2, 0.25) is 0 Å². The van der Waals surface area contributed by atoms with Crippen molar-refractivity contribution >= 4 is 57.1 Å². The van der Waals surface area contributed by atoms with Crippen molar-refractivity contribution < 1.29 is 4.79 Å². The molecule has 0 atom stereocenters. The van der Waals surface area contributed by atoms with Gasteiger partial charge >= 0.3 is 0 Å². The Hall–Kier alpha value is -3.69. The molecule has 0 saturated heterocycles. The van der Waals surface area contributed by atoms with Gasteiger partial charge in [-0.15, -0.1) is 11.3 Å². The van der Waals surface area contributed by atoms with Gasteiger partial charge in [0.1, 0.15) is 0 Å². The topological polar surface area (TPSA) is 89.7 Å². The predicted octanol–water partition coefficient (Wildman–Crippen LogP) is 4.86. The summed E-state index contributed by atoms with van der Waals surface area (Å²) < 4.78 is 3.48. The number of thiophene rings is 1. The number of anilines is 3. The number of hydrogen-bond donors (Lipinski definition) is 2. The number of hydrogen-bond acceptors (Lipinski definition) is 6. The van der Waals surface area contributed by atoms with Crippen molar-refractivity contribution in [3.63, 3.8) is 0 Å². The number of nitrogens with one attached hydrogen (secondary N) is 2. The number of pyridine rings is 1. The number of benzene rings is 1. The van der Waals surface area contributed by atoms with Gasteiger partial charge in [-0.1, -0.05) is 23.7 Å². The van der Waals surface area contributed by atoms with E-state index in [4.69, 9.17) is 11.6 Å². The molecule has 4 heterocycles. The Balaban J connectivity index is 1.38. The maximum absolute atomic E-state index is 12.5. The summed E-state index contributed by atoms with van der Waals surface area (Å²) in [6.45, 7) is 0. The molecule has 31 heavy (non-hydrogen) atoms. The Morgan fingerprint density at radius 1 is 1.16 bits per heavy atom. The van der Waals surface area contributed by atoms with Crippen LogP contribution in [0.25, 0.3) is 16.7 Å². The number of aromatic nitrogens is 5. The molecular formula is C21H16ClN7OS. The van der Waals surface area contributed by atoms with E-state index in [1.807, 2.05) is 42.8 Å². The van der Waals surface area contributed by atoms with Gasteiger partial charge in [-0.3, -0.25) is 4.79 Å². The van der Waals surface area contributed by atoms with Crippen LogP contribution < -0.4 is 10.6 Å². The van der Waals surface area contributed by atoms with E-state index < -0.39 is 0 Å². The van der Waals surface area contributed by atoms with Crippen LogP contribution in [0.15, 0.2) is 66.7 Å². The summed E-state index contributed by atoms with van der Waals surface area (Å²) in [6, 6.07) is 11.3. The molecule has 5 rings (SSSR count). The third-order valence-corrected chi connectivity index (χ3v) is 5.81. The van der Waals surface area contributed by atoms with E-state index in [1.54, 1.807) is 40.2 Å². The summed E-state index contributed by atoms with van der Waals surface area (Å²) >= 11 is 7.56. The van der Waals surface area contributed by atoms with Gasteiger partial charge in [0.15, 0.2) is 11.5 Å².